The molecule has 3 aromatic rings. The van der Waals surface area contributed by atoms with Crippen LogP contribution in [0.2, 0.25) is 0 Å². The third-order valence-corrected chi connectivity index (χ3v) is 5.98. The lowest BCUT2D eigenvalue weighted by atomic mass is 9.97. The average molecular weight is 436 g/mol. The van der Waals surface area contributed by atoms with Gasteiger partial charge >= 0.3 is 5.97 Å². The average Bonchev–Trinajstić information content (AvgIpc) is 3.01. The molecule has 0 bridgehead atoms. The van der Waals surface area contributed by atoms with E-state index in [1.165, 1.54) is 5.56 Å². The number of nitrogens with zero attached hydrogens (tertiary/aromatic N) is 3. The van der Waals surface area contributed by atoms with Crippen molar-refractivity contribution in [2.75, 3.05) is 6.54 Å². The van der Waals surface area contributed by atoms with Gasteiger partial charge in [0.1, 0.15) is 23.1 Å². The summed E-state index contributed by atoms with van der Waals surface area (Å²) in [5.41, 5.74) is 3.91. The molecule has 4 rings (SSSR count). The van der Waals surface area contributed by atoms with Crippen LogP contribution in [0.25, 0.3) is 10.9 Å². The molecule has 0 fully saturated rings. The van der Waals surface area contributed by atoms with Gasteiger partial charge in [-0.25, -0.2) is 0 Å². The number of fused-ring (bicyclic) bond motifs is 3. The summed E-state index contributed by atoms with van der Waals surface area (Å²) in [6.45, 7) is 12.2. The lowest BCUT2D eigenvalue weighted by Gasteiger charge is -2.24. The minimum absolute atomic E-state index is 0.111. The van der Waals surface area contributed by atoms with Crippen LogP contribution in [0.15, 0.2) is 36.5 Å². The second kappa shape index (κ2) is 8.58. The van der Waals surface area contributed by atoms with Crippen LogP contribution in [0.1, 0.15) is 50.8 Å². The highest BCUT2D eigenvalue weighted by molar-refractivity contribution is 5.84. The number of hydrogen-bond donors (Lipinski definition) is 0. The van der Waals surface area contributed by atoms with Crippen LogP contribution in [-0.4, -0.2) is 33.3 Å². The maximum atomic E-state index is 12.4. The summed E-state index contributed by atoms with van der Waals surface area (Å²) in [7, 11) is 1.95. The first-order valence-electron chi connectivity index (χ1n) is 11.3. The van der Waals surface area contributed by atoms with Crippen molar-refractivity contribution in [2.24, 2.45) is 12.5 Å². The van der Waals surface area contributed by atoms with E-state index in [-0.39, 0.29) is 12.1 Å². The van der Waals surface area contributed by atoms with E-state index in [0.717, 1.165) is 53.8 Å². The van der Waals surface area contributed by atoms with Crippen LogP contribution in [0.5, 0.6) is 11.5 Å². The lowest BCUT2D eigenvalue weighted by Crippen LogP contribution is -2.32. The van der Waals surface area contributed by atoms with E-state index >= 15 is 0 Å². The third-order valence-electron chi connectivity index (χ3n) is 5.98. The highest BCUT2D eigenvalue weighted by Crippen LogP contribution is 2.33. The highest BCUT2D eigenvalue weighted by Gasteiger charge is 2.26. The standard InChI is InChI=1S/C26H33N3O3/c1-7-20-15-29(16-22-23(31-20)11-9-18-13-28(6)27-24(18)22)14-19-12-21(10-8-17(19)2)32-25(30)26(3,4)5/h8-13,20H,7,14-16H2,1-6H3/t20-/m1/s1. The topological polar surface area (TPSA) is 56.6 Å². The fourth-order valence-corrected chi connectivity index (χ4v) is 4.02. The smallest absolute Gasteiger partial charge is 0.316 e. The van der Waals surface area contributed by atoms with Crippen molar-refractivity contribution < 1.29 is 14.3 Å². The highest BCUT2D eigenvalue weighted by atomic mass is 16.5. The monoisotopic (exact) mass is 435 g/mol. The van der Waals surface area contributed by atoms with Crippen molar-refractivity contribution in [1.29, 1.82) is 0 Å². The van der Waals surface area contributed by atoms with Gasteiger partial charge in [-0.15, -0.1) is 0 Å². The molecule has 0 unspecified atom stereocenters. The number of rotatable bonds is 4. The molecule has 0 saturated carbocycles. The van der Waals surface area contributed by atoms with E-state index in [9.17, 15) is 4.79 Å². The van der Waals surface area contributed by atoms with Crippen molar-refractivity contribution in [3.63, 3.8) is 0 Å². The Morgan fingerprint density at radius 3 is 2.75 bits per heavy atom. The number of carbonyl (C=O) groups excluding carboxylic acids is 1. The van der Waals surface area contributed by atoms with Gasteiger partial charge in [-0.05, 0) is 69.5 Å². The van der Waals surface area contributed by atoms with Crippen molar-refractivity contribution in [3.05, 3.63) is 53.2 Å². The van der Waals surface area contributed by atoms with E-state index < -0.39 is 5.41 Å². The zero-order chi connectivity index (χ0) is 23.0. The van der Waals surface area contributed by atoms with Crippen molar-refractivity contribution >= 4 is 16.9 Å². The SMILES string of the molecule is CC[C@@H]1CN(Cc2cc(OC(=O)C(C)(C)C)ccc2C)Cc2c(ccc3cn(C)nc23)O1. The van der Waals surface area contributed by atoms with Crippen LogP contribution >= 0.6 is 0 Å². The Hall–Kier alpha value is -2.86. The Morgan fingerprint density at radius 1 is 1.25 bits per heavy atom. The van der Waals surface area contributed by atoms with Gasteiger partial charge in [0.15, 0.2) is 0 Å². The number of carbonyl (C=O) groups is 1. The predicted molar refractivity (Wildman–Crippen MR) is 126 cm³/mol. The Kier molecular flexibility index (Phi) is 5.99. The summed E-state index contributed by atoms with van der Waals surface area (Å²) in [6, 6.07) is 10.0. The van der Waals surface area contributed by atoms with Crippen LogP contribution in [0, 0.1) is 12.3 Å². The van der Waals surface area contributed by atoms with E-state index in [2.05, 4.69) is 30.9 Å². The summed E-state index contributed by atoms with van der Waals surface area (Å²) in [4.78, 5) is 14.8. The molecular formula is C26H33N3O3. The molecule has 1 atom stereocenters. The van der Waals surface area contributed by atoms with E-state index in [4.69, 9.17) is 14.6 Å². The van der Waals surface area contributed by atoms with Crippen LogP contribution in [0.3, 0.4) is 0 Å². The van der Waals surface area contributed by atoms with E-state index in [1.807, 2.05) is 56.9 Å². The predicted octanol–water partition coefficient (Wildman–Crippen LogP) is 5.01. The van der Waals surface area contributed by atoms with Crippen LogP contribution in [0.4, 0.5) is 0 Å². The Labute approximate surface area is 190 Å². The molecule has 0 N–H and O–H groups in total. The summed E-state index contributed by atoms with van der Waals surface area (Å²) >= 11 is 0. The minimum Gasteiger partial charge on any atom is -0.489 e. The van der Waals surface area contributed by atoms with Gasteiger partial charge in [0.05, 0.1) is 5.41 Å². The fraction of sp³-hybridized carbons (Fsp3) is 0.462. The van der Waals surface area contributed by atoms with Gasteiger partial charge in [-0.2, -0.15) is 5.10 Å². The summed E-state index contributed by atoms with van der Waals surface area (Å²) in [5.74, 6) is 1.29. The number of aryl methyl sites for hydroxylation is 2. The third kappa shape index (κ3) is 4.65. The minimum atomic E-state index is -0.542. The second-order valence-corrected chi connectivity index (χ2v) is 9.83. The Balaban J connectivity index is 1.63. The molecule has 2 heterocycles. The molecular weight excluding hydrogens is 402 g/mol. The number of ether oxygens (including phenoxy) is 2. The molecule has 6 nitrogen and oxygen atoms in total. The largest absolute Gasteiger partial charge is 0.489 e. The first-order chi connectivity index (χ1) is 15.1. The molecule has 0 aliphatic carbocycles. The molecule has 170 valence electrons. The van der Waals surface area contributed by atoms with E-state index in [1.54, 1.807) is 0 Å². The normalized spacial score (nSPS) is 17.0. The number of esters is 1. The molecule has 32 heavy (non-hydrogen) atoms. The summed E-state index contributed by atoms with van der Waals surface area (Å²) < 4.78 is 13.9. The summed E-state index contributed by atoms with van der Waals surface area (Å²) in [5, 5.41) is 5.82. The molecule has 0 radical (unpaired) electrons. The first-order valence-corrected chi connectivity index (χ1v) is 11.3. The fourth-order valence-electron chi connectivity index (χ4n) is 4.02. The number of benzene rings is 2. The molecule has 0 saturated heterocycles. The van der Waals surface area contributed by atoms with Gasteiger partial charge < -0.3 is 9.47 Å². The zero-order valence-corrected chi connectivity index (χ0v) is 19.9. The van der Waals surface area contributed by atoms with Gasteiger partial charge in [0.2, 0.25) is 0 Å². The number of aromatic nitrogens is 2. The zero-order valence-electron chi connectivity index (χ0n) is 19.9. The Bertz CT molecular complexity index is 1140. The molecule has 6 heteroatoms. The Morgan fingerprint density at radius 2 is 2.03 bits per heavy atom. The first kappa shape index (κ1) is 22.3. The van der Waals surface area contributed by atoms with Gasteiger partial charge in [-0.1, -0.05) is 13.0 Å². The molecule has 0 amide bonds. The lowest BCUT2D eigenvalue weighted by molar-refractivity contribution is -0.143. The van der Waals surface area contributed by atoms with Crippen LogP contribution in [-0.2, 0) is 24.9 Å². The van der Waals surface area contributed by atoms with Crippen molar-refractivity contribution in [1.82, 2.24) is 14.7 Å². The number of hydrogen-bond acceptors (Lipinski definition) is 5. The van der Waals surface area contributed by atoms with Crippen molar-refractivity contribution in [3.8, 4) is 11.5 Å². The molecule has 1 aromatic heterocycles. The van der Waals surface area contributed by atoms with Gasteiger partial charge in [-0.3, -0.25) is 14.4 Å². The quantitative estimate of drug-likeness (QED) is 0.426. The van der Waals surface area contributed by atoms with Gasteiger partial charge in [0.25, 0.3) is 0 Å². The molecule has 2 aromatic carbocycles. The van der Waals surface area contributed by atoms with Gasteiger partial charge in [0, 0.05) is 43.8 Å². The summed E-state index contributed by atoms with van der Waals surface area (Å²) in [6.07, 6.45) is 3.08. The molecule has 1 aliphatic rings. The molecule has 1 aliphatic heterocycles. The maximum absolute atomic E-state index is 12.4. The van der Waals surface area contributed by atoms with Crippen LogP contribution < -0.4 is 9.47 Å². The van der Waals surface area contributed by atoms with E-state index in [0.29, 0.717) is 5.75 Å². The molecule has 0 spiro atoms. The van der Waals surface area contributed by atoms with Crippen molar-refractivity contribution in [2.45, 2.75) is 60.2 Å². The maximum Gasteiger partial charge on any atom is 0.316 e. The second-order valence-electron chi connectivity index (χ2n) is 9.83.